The summed E-state index contributed by atoms with van der Waals surface area (Å²) in [5.41, 5.74) is 1.30. The Balaban J connectivity index is 2.82. The summed E-state index contributed by atoms with van der Waals surface area (Å²) in [5, 5.41) is 0.798. The maximum absolute atomic E-state index is 5.78. The van der Waals surface area contributed by atoms with E-state index in [1.54, 1.807) is 0 Å². The van der Waals surface area contributed by atoms with Crippen LogP contribution in [0, 0.1) is 0 Å². The van der Waals surface area contributed by atoms with Crippen LogP contribution < -0.4 is 0 Å². The van der Waals surface area contributed by atoms with E-state index in [9.17, 15) is 0 Å². The molecule has 1 heteroatoms. The number of hydrogen-bond acceptors (Lipinski definition) is 0. The quantitative estimate of drug-likeness (QED) is 0.604. The Hall–Kier alpha value is -0.750. The highest BCUT2D eigenvalue weighted by Crippen LogP contribution is 2.18. The van der Waals surface area contributed by atoms with Crippen molar-refractivity contribution in [1.29, 1.82) is 0 Å². The van der Waals surface area contributed by atoms with Crippen molar-refractivity contribution in [2.45, 2.75) is 19.8 Å². The second-order valence-corrected chi connectivity index (χ2v) is 3.30. The van der Waals surface area contributed by atoms with Gasteiger partial charge in [-0.3, -0.25) is 0 Å². The molecule has 12 heavy (non-hydrogen) atoms. The number of rotatable bonds is 2. The van der Waals surface area contributed by atoms with E-state index in [1.807, 2.05) is 19.1 Å². The third-order valence-corrected chi connectivity index (χ3v) is 2.13. The molecule has 0 saturated heterocycles. The van der Waals surface area contributed by atoms with Crippen LogP contribution in [-0.2, 0) is 0 Å². The zero-order valence-corrected chi connectivity index (χ0v) is 8.18. The standard InChI is InChI=1S/C11H13Cl/c1-3-4-9(2)10-5-7-11(12)8-6-10/h3-9H,1-2H3/b4-3+. The van der Waals surface area contributed by atoms with Gasteiger partial charge in [-0.2, -0.15) is 0 Å². The van der Waals surface area contributed by atoms with E-state index in [-0.39, 0.29) is 0 Å². The number of benzene rings is 1. The molecule has 1 aromatic rings. The average Bonchev–Trinajstić information content (AvgIpc) is 2.06. The van der Waals surface area contributed by atoms with E-state index >= 15 is 0 Å². The minimum absolute atomic E-state index is 0.479. The van der Waals surface area contributed by atoms with E-state index in [2.05, 4.69) is 31.2 Å². The molecular formula is C11H13Cl. The second-order valence-electron chi connectivity index (χ2n) is 2.87. The van der Waals surface area contributed by atoms with Crippen LogP contribution in [0.25, 0.3) is 0 Å². The molecular weight excluding hydrogens is 168 g/mol. The number of allylic oxidation sites excluding steroid dienone is 2. The van der Waals surface area contributed by atoms with Crippen molar-refractivity contribution in [2.24, 2.45) is 0 Å². The Bertz CT molecular complexity index is 259. The van der Waals surface area contributed by atoms with Crippen LogP contribution in [0.3, 0.4) is 0 Å². The van der Waals surface area contributed by atoms with Crippen molar-refractivity contribution in [3.63, 3.8) is 0 Å². The zero-order valence-electron chi connectivity index (χ0n) is 7.42. The van der Waals surface area contributed by atoms with Gasteiger partial charge in [0.05, 0.1) is 0 Å². The van der Waals surface area contributed by atoms with Crippen molar-refractivity contribution in [3.05, 3.63) is 47.0 Å². The fraction of sp³-hybridized carbons (Fsp3) is 0.273. The molecule has 0 aromatic heterocycles. The zero-order chi connectivity index (χ0) is 8.97. The highest BCUT2D eigenvalue weighted by molar-refractivity contribution is 6.30. The molecule has 0 bridgehead atoms. The summed E-state index contributed by atoms with van der Waals surface area (Å²) in [6.45, 7) is 4.20. The molecule has 0 nitrogen and oxygen atoms in total. The molecule has 0 fully saturated rings. The van der Waals surface area contributed by atoms with Crippen LogP contribution in [-0.4, -0.2) is 0 Å². The molecule has 64 valence electrons. The molecule has 1 unspecified atom stereocenters. The summed E-state index contributed by atoms with van der Waals surface area (Å²) in [7, 11) is 0. The predicted molar refractivity (Wildman–Crippen MR) is 54.7 cm³/mol. The van der Waals surface area contributed by atoms with Gasteiger partial charge >= 0.3 is 0 Å². The van der Waals surface area contributed by atoms with E-state index in [1.165, 1.54) is 5.56 Å². The smallest absolute Gasteiger partial charge is 0.0406 e. The molecule has 1 aromatic carbocycles. The molecule has 0 aliphatic heterocycles. The van der Waals surface area contributed by atoms with Crippen molar-refractivity contribution in [2.75, 3.05) is 0 Å². The first kappa shape index (κ1) is 9.34. The van der Waals surface area contributed by atoms with Crippen LogP contribution in [0.1, 0.15) is 25.3 Å². The number of hydrogen-bond donors (Lipinski definition) is 0. The van der Waals surface area contributed by atoms with Crippen molar-refractivity contribution in [1.82, 2.24) is 0 Å². The van der Waals surface area contributed by atoms with Crippen LogP contribution in [0.5, 0.6) is 0 Å². The van der Waals surface area contributed by atoms with Gasteiger partial charge < -0.3 is 0 Å². The molecule has 1 rings (SSSR count). The molecule has 1 atom stereocenters. The first-order valence-corrected chi connectivity index (χ1v) is 4.50. The summed E-state index contributed by atoms with van der Waals surface area (Å²) >= 11 is 5.78. The van der Waals surface area contributed by atoms with E-state index in [0.29, 0.717) is 5.92 Å². The monoisotopic (exact) mass is 180 g/mol. The maximum Gasteiger partial charge on any atom is 0.0406 e. The lowest BCUT2D eigenvalue weighted by Gasteiger charge is -2.05. The Kier molecular flexibility index (Phi) is 3.36. The lowest BCUT2D eigenvalue weighted by Crippen LogP contribution is -1.87. The topological polar surface area (TPSA) is 0 Å². The normalized spacial score (nSPS) is 13.6. The van der Waals surface area contributed by atoms with Gasteiger partial charge in [0, 0.05) is 5.02 Å². The largest absolute Gasteiger partial charge is 0.0911 e. The summed E-state index contributed by atoms with van der Waals surface area (Å²) in [5.74, 6) is 0.479. The third-order valence-electron chi connectivity index (χ3n) is 1.88. The Labute approximate surface area is 78.9 Å². The van der Waals surface area contributed by atoms with E-state index in [0.717, 1.165) is 5.02 Å². The van der Waals surface area contributed by atoms with Crippen molar-refractivity contribution >= 4 is 11.6 Å². The van der Waals surface area contributed by atoms with Gasteiger partial charge in [-0.15, -0.1) is 0 Å². The number of halogens is 1. The van der Waals surface area contributed by atoms with Gasteiger partial charge in [0.25, 0.3) is 0 Å². The molecule has 0 N–H and O–H groups in total. The van der Waals surface area contributed by atoms with Crippen LogP contribution >= 0.6 is 11.6 Å². The second kappa shape index (κ2) is 4.32. The molecule has 0 amide bonds. The average molecular weight is 181 g/mol. The van der Waals surface area contributed by atoms with E-state index in [4.69, 9.17) is 11.6 Å². The molecule has 0 heterocycles. The summed E-state index contributed by atoms with van der Waals surface area (Å²) in [6.07, 6.45) is 4.24. The van der Waals surface area contributed by atoms with Gasteiger partial charge in [0.15, 0.2) is 0 Å². The van der Waals surface area contributed by atoms with Crippen molar-refractivity contribution in [3.8, 4) is 0 Å². The van der Waals surface area contributed by atoms with Gasteiger partial charge in [-0.25, -0.2) is 0 Å². The minimum Gasteiger partial charge on any atom is -0.0911 e. The van der Waals surface area contributed by atoms with Crippen LogP contribution in [0.4, 0.5) is 0 Å². The molecule has 0 saturated carbocycles. The van der Waals surface area contributed by atoms with Crippen LogP contribution in [0.15, 0.2) is 36.4 Å². The molecule has 0 aliphatic rings. The first-order valence-electron chi connectivity index (χ1n) is 4.12. The van der Waals surface area contributed by atoms with Gasteiger partial charge in [0.1, 0.15) is 0 Å². The van der Waals surface area contributed by atoms with Gasteiger partial charge in [-0.05, 0) is 30.5 Å². The van der Waals surface area contributed by atoms with Gasteiger partial charge in [0.2, 0.25) is 0 Å². The Morgan fingerprint density at radius 3 is 2.33 bits per heavy atom. The fourth-order valence-electron chi connectivity index (χ4n) is 1.17. The highest BCUT2D eigenvalue weighted by Gasteiger charge is 1.99. The predicted octanol–water partition coefficient (Wildman–Crippen LogP) is 4.02. The Morgan fingerprint density at radius 2 is 1.83 bits per heavy atom. The molecule has 0 aliphatic carbocycles. The van der Waals surface area contributed by atoms with Crippen LogP contribution in [0.2, 0.25) is 5.02 Å². The summed E-state index contributed by atoms with van der Waals surface area (Å²) < 4.78 is 0. The minimum atomic E-state index is 0.479. The SMILES string of the molecule is C/C=C/C(C)c1ccc(Cl)cc1. The highest BCUT2D eigenvalue weighted by atomic mass is 35.5. The maximum atomic E-state index is 5.78. The molecule has 0 spiro atoms. The van der Waals surface area contributed by atoms with E-state index < -0.39 is 0 Å². The lowest BCUT2D eigenvalue weighted by atomic mass is 10.0. The van der Waals surface area contributed by atoms with Crippen molar-refractivity contribution < 1.29 is 0 Å². The fourth-order valence-corrected chi connectivity index (χ4v) is 1.29. The summed E-state index contributed by atoms with van der Waals surface area (Å²) in [6, 6.07) is 7.98. The molecule has 0 radical (unpaired) electrons. The van der Waals surface area contributed by atoms with Gasteiger partial charge in [-0.1, -0.05) is 42.8 Å². The lowest BCUT2D eigenvalue weighted by molar-refractivity contribution is 0.965. The summed E-state index contributed by atoms with van der Waals surface area (Å²) in [4.78, 5) is 0. The first-order chi connectivity index (χ1) is 5.74. The third kappa shape index (κ3) is 2.38. The Morgan fingerprint density at radius 1 is 1.25 bits per heavy atom.